The first-order chi connectivity index (χ1) is 14.5. The molecule has 1 atom stereocenters. The molecule has 31 heavy (non-hydrogen) atoms. The van der Waals surface area contributed by atoms with Crippen molar-refractivity contribution in [2.45, 2.75) is 12.2 Å². The predicted octanol–water partition coefficient (Wildman–Crippen LogP) is 3.35. The summed E-state index contributed by atoms with van der Waals surface area (Å²) in [5.74, 6) is -1.16. The second kappa shape index (κ2) is 8.53. The van der Waals surface area contributed by atoms with Crippen LogP contribution in [0.3, 0.4) is 0 Å². The summed E-state index contributed by atoms with van der Waals surface area (Å²) in [6, 6.07) is 3.12. The maximum Gasteiger partial charge on any atom is 0.412 e. The van der Waals surface area contributed by atoms with E-state index in [1.54, 1.807) is 0 Å². The Kier molecular flexibility index (Phi) is 6.20. The number of hydrogen-bond donors (Lipinski definition) is 1. The van der Waals surface area contributed by atoms with Gasteiger partial charge in [-0.3, -0.25) is 0 Å². The number of anilines is 1. The van der Waals surface area contributed by atoms with Gasteiger partial charge >= 0.3 is 6.18 Å². The topological polar surface area (TPSA) is 84.4 Å². The Labute approximate surface area is 176 Å². The molecular formula is C19H18F4N4O3S. The number of allylic oxidation sites excluding steroid dienone is 2. The number of rotatable bonds is 6. The van der Waals surface area contributed by atoms with Gasteiger partial charge in [-0.2, -0.15) is 13.2 Å². The van der Waals surface area contributed by atoms with Gasteiger partial charge in [0, 0.05) is 24.0 Å². The zero-order valence-electron chi connectivity index (χ0n) is 16.4. The van der Waals surface area contributed by atoms with E-state index in [0.717, 1.165) is 12.3 Å². The number of nitrogens with zero attached hydrogens (tertiary/aromatic N) is 3. The number of ether oxygens (including phenoxy) is 1. The molecule has 166 valence electrons. The molecule has 2 heterocycles. The minimum atomic E-state index is -4.69. The molecule has 0 saturated heterocycles. The van der Waals surface area contributed by atoms with Crippen molar-refractivity contribution in [1.29, 1.82) is 0 Å². The van der Waals surface area contributed by atoms with Gasteiger partial charge in [0.1, 0.15) is 41.5 Å². The van der Waals surface area contributed by atoms with E-state index in [0.29, 0.717) is 16.2 Å². The molecule has 0 radical (unpaired) electrons. The number of aromatic nitrogens is 2. The Morgan fingerprint density at radius 2 is 1.97 bits per heavy atom. The van der Waals surface area contributed by atoms with Gasteiger partial charge in [0.2, 0.25) is 0 Å². The van der Waals surface area contributed by atoms with Crippen LogP contribution in [-0.2, 0) is 9.84 Å². The van der Waals surface area contributed by atoms with Gasteiger partial charge < -0.3 is 15.0 Å². The molecule has 12 heteroatoms. The minimum absolute atomic E-state index is 0.106. The van der Waals surface area contributed by atoms with Gasteiger partial charge in [0.15, 0.2) is 9.84 Å². The van der Waals surface area contributed by atoms with E-state index in [-0.39, 0.29) is 17.4 Å². The average Bonchev–Trinajstić information content (AvgIpc) is 2.67. The second-order valence-corrected chi connectivity index (χ2v) is 8.82. The predicted molar refractivity (Wildman–Crippen MR) is 106 cm³/mol. The number of nitrogens with one attached hydrogen (secondary N) is 1. The van der Waals surface area contributed by atoms with E-state index < -0.39 is 33.7 Å². The van der Waals surface area contributed by atoms with Crippen molar-refractivity contribution >= 4 is 15.7 Å². The van der Waals surface area contributed by atoms with Gasteiger partial charge in [-0.25, -0.2) is 22.8 Å². The number of hydrogen-bond acceptors (Lipinski definition) is 7. The average molecular weight is 458 g/mol. The molecule has 1 unspecified atom stereocenters. The zero-order chi connectivity index (χ0) is 22.8. The molecule has 0 aliphatic carbocycles. The van der Waals surface area contributed by atoms with Crippen LogP contribution in [0.4, 0.5) is 23.4 Å². The molecule has 0 amide bonds. The first-order valence-electron chi connectivity index (χ1n) is 8.80. The van der Waals surface area contributed by atoms with E-state index in [1.165, 1.54) is 49.9 Å². The summed E-state index contributed by atoms with van der Waals surface area (Å²) in [5.41, 5.74) is 0.761. The molecule has 1 N–H and O–H groups in total. The van der Waals surface area contributed by atoms with Crippen molar-refractivity contribution in [3.63, 3.8) is 0 Å². The van der Waals surface area contributed by atoms with Crippen molar-refractivity contribution in [1.82, 2.24) is 14.9 Å². The number of methoxy groups -OCH3 is 1. The van der Waals surface area contributed by atoms with Crippen LogP contribution >= 0.6 is 0 Å². The van der Waals surface area contributed by atoms with E-state index in [1.807, 2.05) is 0 Å². The lowest BCUT2D eigenvalue weighted by Gasteiger charge is -2.36. The number of benzene rings is 1. The molecule has 0 fully saturated rings. The second-order valence-electron chi connectivity index (χ2n) is 6.71. The SMILES string of the molecule is COc1cc(F)ccc1-c1cc(NC2=CC=CC(C(F)(F)F)N2CS(C)(=O)=O)ncn1. The summed E-state index contributed by atoms with van der Waals surface area (Å²) >= 11 is 0. The molecule has 0 saturated carbocycles. The maximum absolute atomic E-state index is 13.5. The highest BCUT2D eigenvalue weighted by Gasteiger charge is 2.44. The summed E-state index contributed by atoms with van der Waals surface area (Å²) in [5, 5.41) is 2.72. The fraction of sp³-hybridized carbons (Fsp3) is 0.263. The molecule has 7 nitrogen and oxygen atoms in total. The van der Waals surface area contributed by atoms with Gasteiger partial charge in [0.05, 0.1) is 12.8 Å². The smallest absolute Gasteiger partial charge is 0.412 e. The zero-order valence-corrected chi connectivity index (χ0v) is 17.2. The van der Waals surface area contributed by atoms with Crippen LogP contribution in [0.15, 0.2) is 54.6 Å². The molecular weight excluding hydrogens is 440 g/mol. The Morgan fingerprint density at radius 1 is 1.23 bits per heavy atom. The number of halogens is 4. The summed E-state index contributed by atoms with van der Waals surface area (Å²) < 4.78 is 82.5. The number of sulfone groups is 1. The Balaban J connectivity index is 1.95. The molecule has 1 aromatic heterocycles. The molecule has 2 aromatic rings. The summed E-state index contributed by atoms with van der Waals surface area (Å²) in [6.07, 6.45) is 0.686. The molecule has 1 aliphatic rings. The van der Waals surface area contributed by atoms with Gasteiger partial charge in [-0.05, 0) is 18.2 Å². The van der Waals surface area contributed by atoms with Crippen molar-refractivity contribution in [2.24, 2.45) is 0 Å². The Morgan fingerprint density at radius 3 is 2.61 bits per heavy atom. The van der Waals surface area contributed by atoms with Crippen molar-refractivity contribution in [3.05, 3.63) is 60.5 Å². The first-order valence-corrected chi connectivity index (χ1v) is 10.9. The van der Waals surface area contributed by atoms with Gasteiger partial charge in [0.25, 0.3) is 0 Å². The van der Waals surface area contributed by atoms with E-state index >= 15 is 0 Å². The van der Waals surface area contributed by atoms with Crippen LogP contribution in [0, 0.1) is 5.82 Å². The van der Waals surface area contributed by atoms with Crippen molar-refractivity contribution in [2.75, 3.05) is 24.6 Å². The van der Waals surface area contributed by atoms with Crippen LogP contribution < -0.4 is 10.1 Å². The quantitative estimate of drug-likeness (QED) is 0.665. The first kappa shape index (κ1) is 22.5. The van der Waals surface area contributed by atoms with Gasteiger partial charge in [-0.1, -0.05) is 12.2 Å². The van der Waals surface area contributed by atoms with Gasteiger partial charge in [-0.15, -0.1) is 0 Å². The fourth-order valence-corrected chi connectivity index (χ4v) is 3.79. The third-order valence-corrected chi connectivity index (χ3v) is 5.01. The third kappa shape index (κ3) is 5.51. The van der Waals surface area contributed by atoms with Crippen LogP contribution in [0.25, 0.3) is 11.3 Å². The highest BCUT2D eigenvalue weighted by atomic mass is 32.2. The highest BCUT2D eigenvalue weighted by Crippen LogP contribution is 2.33. The van der Waals surface area contributed by atoms with Crippen LogP contribution in [0.5, 0.6) is 5.75 Å². The number of alkyl halides is 3. The third-order valence-electron chi connectivity index (χ3n) is 4.26. The lowest BCUT2D eigenvalue weighted by molar-refractivity contribution is -0.163. The van der Waals surface area contributed by atoms with Crippen LogP contribution in [0.2, 0.25) is 0 Å². The Hall–Kier alpha value is -3.15. The van der Waals surface area contributed by atoms with E-state index in [2.05, 4.69) is 15.3 Å². The molecule has 0 spiro atoms. The molecule has 1 aromatic carbocycles. The monoisotopic (exact) mass is 458 g/mol. The van der Waals surface area contributed by atoms with Crippen LogP contribution in [0.1, 0.15) is 0 Å². The van der Waals surface area contributed by atoms with Crippen molar-refractivity contribution in [3.8, 4) is 17.0 Å². The van der Waals surface area contributed by atoms with E-state index in [4.69, 9.17) is 4.74 Å². The Bertz CT molecular complexity index is 1130. The summed E-state index contributed by atoms with van der Waals surface area (Å²) in [7, 11) is -2.42. The largest absolute Gasteiger partial charge is 0.496 e. The lowest BCUT2D eigenvalue weighted by atomic mass is 10.1. The van der Waals surface area contributed by atoms with Crippen LogP contribution in [-0.4, -0.2) is 54.7 Å². The summed E-state index contributed by atoms with van der Waals surface area (Å²) in [6.45, 7) is 0. The maximum atomic E-state index is 13.5. The normalized spacial score (nSPS) is 16.8. The molecule has 3 rings (SSSR count). The molecule has 0 bridgehead atoms. The molecule has 1 aliphatic heterocycles. The van der Waals surface area contributed by atoms with E-state index in [9.17, 15) is 26.0 Å². The fourth-order valence-electron chi connectivity index (χ4n) is 2.98. The van der Waals surface area contributed by atoms with Crippen molar-refractivity contribution < 1.29 is 30.7 Å². The lowest BCUT2D eigenvalue weighted by Crippen LogP contribution is -2.48. The minimum Gasteiger partial charge on any atom is -0.496 e. The standard InChI is InChI=1S/C19H18F4N4O3S/c1-30-15-8-12(20)6-7-13(15)14-9-17(25-10-24-14)26-18-5-3-4-16(19(21,22)23)27(18)11-31(2,28)29/h3-10,16H,11H2,1-2H3,(H,24,25,26). The highest BCUT2D eigenvalue weighted by molar-refractivity contribution is 7.90. The summed E-state index contributed by atoms with van der Waals surface area (Å²) in [4.78, 5) is 8.78.